The molecule has 4 nitrogen and oxygen atoms in total. The van der Waals surface area contributed by atoms with Crippen LogP contribution >= 0.6 is 11.6 Å². The number of likely N-dealkylation sites (N-methyl/N-ethyl adjacent to an activating group) is 1. The molecule has 0 aliphatic carbocycles. The lowest BCUT2D eigenvalue weighted by Crippen LogP contribution is -2.50. The SMILES string of the molecule is COc1nc(Cl)ccc1N1CCN(C)C[C@H]1C. The van der Waals surface area contributed by atoms with Gasteiger partial charge in [-0.25, -0.2) is 0 Å². The van der Waals surface area contributed by atoms with Crippen molar-refractivity contribution < 1.29 is 4.74 Å². The van der Waals surface area contributed by atoms with Crippen molar-refractivity contribution in [3.05, 3.63) is 17.3 Å². The third kappa shape index (κ3) is 2.64. The minimum absolute atomic E-state index is 0.450. The second-order valence-electron chi connectivity index (χ2n) is 4.47. The van der Waals surface area contributed by atoms with Gasteiger partial charge in [0.25, 0.3) is 0 Å². The van der Waals surface area contributed by atoms with Gasteiger partial charge in [-0.2, -0.15) is 4.98 Å². The zero-order valence-corrected chi connectivity index (χ0v) is 11.2. The number of aromatic nitrogens is 1. The van der Waals surface area contributed by atoms with Crippen molar-refractivity contribution in [2.75, 3.05) is 38.7 Å². The van der Waals surface area contributed by atoms with E-state index in [0.717, 1.165) is 25.3 Å². The summed E-state index contributed by atoms with van der Waals surface area (Å²) in [5.41, 5.74) is 1.03. The van der Waals surface area contributed by atoms with Crippen LogP contribution in [0.25, 0.3) is 0 Å². The third-order valence-corrected chi connectivity index (χ3v) is 3.35. The van der Waals surface area contributed by atoms with Gasteiger partial charge in [-0.05, 0) is 26.1 Å². The fourth-order valence-corrected chi connectivity index (χ4v) is 2.42. The highest BCUT2D eigenvalue weighted by Gasteiger charge is 2.24. The quantitative estimate of drug-likeness (QED) is 0.755. The standard InChI is InChI=1S/C12H18ClN3O/c1-9-8-15(2)6-7-16(9)10-4-5-11(13)14-12(10)17-3/h4-5,9H,6-8H2,1-3H3/t9-/m1/s1. The van der Waals surface area contributed by atoms with Crippen LogP contribution in [-0.4, -0.2) is 49.7 Å². The minimum Gasteiger partial charge on any atom is -0.479 e. The number of piperazine rings is 1. The van der Waals surface area contributed by atoms with Crippen LogP contribution in [0.4, 0.5) is 5.69 Å². The number of anilines is 1. The lowest BCUT2D eigenvalue weighted by atomic mass is 10.2. The highest BCUT2D eigenvalue weighted by Crippen LogP contribution is 2.30. The van der Waals surface area contributed by atoms with Crippen molar-refractivity contribution >= 4 is 17.3 Å². The Morgan fingerprint density at radius 2 is 2.18 bits per heavy atom. The first-order valence-corrected chi connectivity index (χ1v) is 6.15. The number of nitrogens with zero attached hydrogens (tertiary/aromatic N) is 3. The summed E-state index contributed by atoms with van der Waals surface area (Å²) in [5, 5.41) is 0.465. The third-order valence-electron chi connectivity index (χ3n) is 3.14. The Balaban J connectivity index is 2.27. The van der Waals surface area contributed by atoms with Crippen molar-refractivity contribution in [3.63, 3.8) is 0 Å². The fraction of sp³-hybridized carbons (Fsp3) is 0.583. The maximum absolute atomic E-state index is 5.88. The molecular formula is C12H18ClN3O. The molecule has 1 aromatic rings. The molecule has 0 aromatic carbocycles. The number of ether oxygens (including phenoxy) is 1. The lowest BCUT2D eigenvalue weighted by Gasteiger charge is -2.39. The summed E-state index contributed by atoms with van der Waals surface area (Å²) >= 11 is 5.88. The Morgan fingerprint density at radius 3 is 2.82 bits per heavy atom. The van der Waals surface area contributed by atoms with Gasteiger partial charge in [-0.3, -0.25) is 0 Å². The average Bonchev–Trinajstić information content (AvgIpc) is 2.30. The van der Waals surface area contributed by atoms with Crippen LogP contribution in [0.5, 0.6) is 5.88 Å². The van der Waals surface area contributed by atoms with E-state index in [1.165, 1.54) is 0 Å². The van der Waals surface area contributed by atoms with E-state index >= 15 is 0 Å². The Hall–Kier alpha value is -1.00. The van der Waals surface area contributed by atoms with E-state index < -0.39 is 0 Å². The summed E-state index contributed by atoms with van der Waals surface area (Å²) in [4.78, 5) is 8.86. The molecule has 5 heteroatoms. The number of hydrogen-bond donors (Lipinski definition) is 0. The fourth-order valence-electron chi connectivity index (χ4n) is 2.28. The molecule has 0 unspecified atom stereocenters. The smallest absolute Gasteiger partial charge is 0.238 e. The molecule has 0 N–H and O–H groups in total. The van der Waals surface area contributed by atoms with Crippen LogP contribution in [0, 0.1) is 0 Å². The molecular weight excluding hydrogens is 238 g/mol. The molecule has 0 amide bonds. The highest BCUT2D eigenvalue weighted by atomic mass is 35.5. The van der Waals surface area contributed by atoms with Crippen molar-refractivity contribution in [1.29, 1.82) is 0 Å². The van der Waals surface area contributed by atoms with Crippen molar-refractivity contribution in [2.24, 2.45) is 0 Å². The van der Waals surface area contributed by atoms with Gasteiger partial charge in [0.2, 0.25) is 5.88 Å². The molecule has 1 aromatic heterocycles. The van der Waals surface area contributed by atoms with Crippen molar-refractivity contribution in [2.45, 2.75) is 13.0 Å². The summed E-state index contributed by atoms with van der Waals surface area (Å²) in [6, 6.07) is 4.24. The van der Waals surface area contributed by atoms with E-state index in [0.29, 0.717) is 17.1 Å². The Labute approximate surface area is 107 Å². The molecule has 0 spiro atoms. The summed E-state index contributed by atoms with van der Waals surface area (Å²) in [5.74, 6) is 0.605. The molecule has 0 radical (unpaired) electrons. The van der Waals surface area contributed by atoms with Crippen LogP contribution in [-0.2, 0) is 0 Å². The van der Waals surface area contributed by atoms with Crippen molar-refractivity contribution in [1.82, 2.24) is 9.88 Å². The number of halogens is 1. The topological polar surface area (TPSA) is 28.6 Å². The van der Waals surface area contributed by atoms with Gasteiger partial charge in [0.15, 0.2) is 0 Å². The number of pyridine rings is 1. The molecule has 17 heavy (non-hydrogen) atoms. The van der Waals surface area contributed by atoms with Crippen LogP contribution in [0.15, 0.2) is 12.1 Å². The predicted molar refractivity (Wildman–Crippen MR) is 70.1 cm³/mol. The summed E-state index contributed by atoms with van der Waals surface area (Å²) in [6.45, 7) is 5.29. The maximum atomic E-state index is 5.88. The largest absolute Gasteiger partial charge is 0.479 e. The van der Waals surface area contributed by atoms with E-state index in [1.54, 1.807) is 7.11 Å². The molecule has 1 saturated heterocycles. The molecule has 1 aliphatic rings. The number of hydrogen-bond acceptors (Lipinski definition) is 4. The van der Waals surface area contributed by atoms with Gasteiger partial charge in [0.1, 0.15) is 10.8 Å². The number of rotatable bonds is 2. The first-order chi connectivity index (χ1) is 8.11. The molecule has 1 fully saturated rings. The maximum Gasteiger partial charge on any atom is 0.238 e. The van der Waals surface area contributed by atoms with Crippen LogP contribution < -0.4 is 9.64 Å². The summed E-state index contributed by atoms with van der Waals surface area (Å²) < 4.78 is 5.30. The Kier molecular flexibility index (Phi) is 3.74. The van der Waals surface area contributed by atoms with Gasteiger partial charge >= 0.3 is 0 Å². The van der Waals surface area contributed by atoms with Crippen LogP contribution in [0.2, 0.25) is 5.15 Å². The highest BCUT2D eigenvalue weighted by molar-refractivity contribution is 6.29. The molecule has 0 bridgehead atoms. The van der Waals surface area contributed by atoms with E-state index in [2.05, 4.69) is 28.8 Å². The lowest BCUT2D eigenvalue weighted by molar-refractivity contribution is 0.273. The minimum atomic E-state index is 0.450. The Bertz CT molecular complexity index is 399. The van der Waals surface area contributed by atoms with Gasteiger partial charge in [-0.1, -0.05) is 11.6 Å². The van der Waals surface area contributed by atoms with Gasteiger partial charge in [-0.15, -0.1) is 0 Å². The summed E-state index contributed by atoms with van der Waals surface area (Å²) in [6.07, 6.45) is 0. The van der Waals surface area contributed by atoms with E-state index in [-0.39, 0.29) is 0 Å². The second kappa shape index (κ2) is 5.10. The molecule has 94 valence electrons. The second-order valence-corrected chi connectivity index (χ2v) is 4.85. The molecule has 0 saturated carbocycles. The summed E-state index contributed by atoms with van der Waals surface area (Å²) in [7, 11) is 3.77. The van der Waals surface area contributed by atoms with Crippen molar-refractivity contribution in [3.8, 4) is 5.88 Å². The first-order valence-electron chi connectivity index (χ1n) is 5.77. The first kappa shape index (κ1) is 12.5. The van der Waals surface area contributed by atoms with E-state index in [9.17, 15) is 0 Å². The molecule has 2 rings (SSSR count). The van der Waals surface area contributed by atoms with Gasteiger partial charge in [0, 0.05) is 25.7 Å². The zero-order valence-electron chi connectivity index (χ0n) is 10.5. The van der Waals surface area contributed by atoms with E-state index in [4.69, 9.17) is 16.3 Å². The van der Waals surface area contributed by atoms with Crippen LogP contribution in [0.3, 0.4) is 0 Å². The molecule has 1 aliphatic heterocycles. The van der Waals surface area contributed by atoms with E-state index in [1.807, 2.05) is 12.1 Å². The predicted octanol–water partition coefficient (Wildman–Crippen LogP) is 1.88. The molecule has 2 heterocycles. The van der Waals surface area contributed by atoms with Crippen LogP contribution in [0.1, 0.15) is 6.92 Å². The monoisotopic (exact) mass is 255 g/mol. The average molecular weight is 256 g/mol. The molecule has 1 atom stereocenters. The normalized spacial score (nSPS) is 21.6. The van der Waals surface area contributed by atoms with Gasteiger partial charge in [0.05, 0.1) is 7.11 Å². The Morgan fingerprint density at radius 1 is 1.41 bits per heavy atom. The van der Waals surface area contributed by atoms with Gasteiger partial charge < -0.3 is 14.5 Å². The zero-order chi connectivity index (χ0) is 12.4. The number of methoxy groups -OCH3 is 1.